The Kier molecular flexibility index (Phi) is 2.61. The molecule has 0 radical (unpaired) electrons. The van der Waals surface area contributed by atoms with Gasteiger partial charge >= 0.3 is 85.5 Å². The maximum absolute atomic E-state index is 2.32. The van der Waals surface area contributed by atoms with Crippen LogP contribution in [0.5, 0.6) is 0 Å². The summed E-state index contributed by atoms with van der Waals surface area (Å²) < 4.78 is 3.50. The monoisotopic (exact) mass is 234 g/mol. The maximum atomic E-state index is 2.32. The van der Waals surface area contributed by atoms with Crippen LogP contribution in [0.1, 0.15) is 19.8 Å². The first-order valence-electron chi connectivity index (χ1n) is 4.35. The van der Waals surface area contributed by atoms with Crippen LogP contribution in [0.2, 0.25) is 0 Å². The van der Waals surface area contributed by atoms with Gasteiger partial charge in [-0.25, -0.2) is 0 Å². The minimum atomic E-state index is -0.348. The Bertz CT molecular complexity index is 303. The third-order valence-electron chi connectivity index (χ3n) is 2.25. The van der Waals surface area contributed by atoms with E-state index >= 15 is 0 Å². The number of hydrogen-bond acceptors (Lipinski definition) is 0. The van der Waals surface area contributed by atoms with Gasteiger partial charge in [-0.05, 0) is 0 Å². The summed E-state index contributed by atoms with van der Waals surface area (Å²) in [6.07, 6.45) is 13.9. The molecule has 0 N–H and O–H groups in total. The Hall–Kier alpha value is -0.157. The molecule has 0 bridgehead atoms. The van der Waals surface area contributed by atoms with E-state index in [1.54, 1.807) is 12.1 Å². The molecule has 0 fully saturated rings. The molecular weight excluding hydrogens is 223 g/mol. The third-order valence-corrected chi connectivity index (χ3v) is 6.16. The molecule has 12 heavy (non-hydrogen) atoms. The van der Waals surface area contributed by atoms with Crippen molar-refractivity contribution in [2.75, 3.05) is 0 Å². The van der Waals surface area contributed by atoms with Crippen molar-refractivity contribution in [2.24, 2.45) is 0 Å². The molecule has 2 rings (SSSR count). The van der Waals surface area contributed by atoms with Crippen LogP contribution in [0.15, 0.2) is 42.5 Å². The van der Waals surface area contributed by atoms with Gasteiger partial charge in [-0.15, -0.1) is 0 Å². The van der Waals surface area contributed by atoms with E-state index in [9.17, 15) is 0 Å². The van der Waals surface area contributed by atoms with Crippen molar-refractivity contribution in [2.45, 2.75) is 19.8 Å². The molecule has 60 valence electrons. The van der Waals surface area contributed by atoms with Crippen molar-refractivity contribution in [1.29, 1.82) is 0 Å². The summed E-state index contributed by atoms with van der Waals surface area (Å²) in [5.74, 6) is 0. The summed E-state index contributed by atoms with van der Waals surface area (Å²) in [5, 5.41) is 0. The summed E-state index contributed by atoms with van der Waals surface area (Å²) in [6, 6.07) is 0. The number of rotatable bonds is 2. The van der Waals surface area contributed by atoms with Crippen LogP contribution >= 0.6 is 0 Å². The van der Waals surface area contributed by atoms with E-state index in [0.29, 0.717) is 0 Å². The average Bonchev–Trinajstić information content (AvgIpc) is 2.65. The van der Waals surface area contributed by atoms with E-state index in [1.807, 2.05) is 0 Å². The second kappa shape index (κ2) is 3.70. The normalized spacial score (nSPS) is 20.6. The Balaban J connectivity index is 2.01. The Labute approximate surface area is 85.3 Å². The van der Waals surface area contributed by atoms with Crippen molar-refractivity contribution in [3.63, 3.8) is 0 Å². The van der Waals surface area contributed by atoms with Crippen LogP contribution in [-0.2, 0) is 23.2 Å². The van der Waals surface area contributed by atoms with E-state index in [2.05, 4.69) is 37.3 Å². The van der Waals surface area contributed by atoms with Crippen molar-refractivity contribution in [3.8, 4) is 0 Å². The molecule has 0 amide bonds. The van der Waals surface area contributed by atoms with Gasteiger partial charge in [0.05, 0.1) is 0 Å². The molecule has 2 aliphatic rings. The molecule has 0 nitrogen and oxygen atoms in total. The Morgan fingerprint density at radius 1 is 1.25 bits per heavy atom. The second-order valence-electron chi connectivity index (χ2n) is 3.22. The van der Waals surface area contributed by atoms with E-state index in [4.69, 9.17) is 0 Å². The average molecular weight is 235 g/mol. The number of allylic oxidation sites excluding steroid dienone is 8. The summed E-state index contributed by atoms with van der Waals surface area (Å²) in [4.78, 5) is 0. The summed E-state index contributed by atoms with van der Waals surface area (Å²) in [6.45, 7) is 2.25. The van der Waals surface area contributed by atoms with Gasteiger partial charge in [-0.3, -0.25) is 0 Å². The predicted octanol–water partition coefficient (Wildman–Crippen LogP) is 3.15. The molecule has 1 heteroatoms. The van der Waals surface area contributed by atoms with Gasteiger partial charge in [0.25, 0.3) is 0 Å². The SMILES string of the molecule is CC1=[C]([Zr][C]2=CC=CC2)CC=C1. The number of hydrogen-bond donors (Lipinski definition) is 0. The zero-order chi connectivity index (χ0) is 8.39. The molecule has 0 heterocycles. The summed E-state index contributed by atoms with van der Waals surface area (Å²) in [5.41, 5.74) is 1.55. The standard InChI is InChI=1S/C6H7.C5H5.Zr/c1-6-4-2-3-5-6;1-2-4-5-3-1;/h2,4H,3H2,1H3;1-3H,4H2;. The third kappa shape index (κ3) is 1.77. The van der Waals surface area contributed by atoms with Crippen LogP contribution in [0, 0.1) is 0 Å². The second-order valence-corrected chi connectivity index (χ2v) is 6.89. The minimum absolute atomic E-state index is 0.348. The van der Waals surface area contributed by atoms with Gasteiger partial charge in [0, 0.05) is 0 Å². The molecule has 0 atom stereocenters. The fraction of sp³-hybridized carbons (Fsp3) is 0.273. The Morgan fingerprint density at radius 3 is 2.75 bits per heavy atom. The van der Waals surface area contributed by atoms with Crippen LogP contribution < -0.4 is 0 Å². The van der Waals surface area contributed by atoms with Gasteiger partial charge in [-0.1, -0.05) is 0 Å². The van der Waals surface area contributed by atoms with E-state index in [-0.39, 0.29) is 23.2 Å². The van der Waals surface area contributed by atoms with Gasteiger partial charge < -0.3 is 0 Å². The quantitative estimate of drug-likeness (QED) is 0.690. The van der Waals surface area contributed by atoms with E-state index in [0.717, 1.165) is 0 Å². The summed E-state index contributed by atoms with van der Waals surface area (Å²) >= 11 is -0.348. The zero-order valence-electron chi connectivity index (χ0n) is 7.30. The van der Waals surface area contributed by atoms with Crippen molar-refractivity contribution in [3.05, 3.63) is 42.5 Å². The van der Waals surface area contributed by atoms with Crippen molar-refractivity contribution in [1.82, 2.24) is 0 Å². The first-order valence-corrected chi connectivity index (χ1v) is 6.81. The van der Waals surface area contributed by atoms with Crippen LogP contribution in [0.4, 0.5) is 0 Å². The fourth-order valence-corrected chi connectivity index (χ4v) is 4.66. The van der Waals surface area contributed by atoms with Gasteiger partial charge in [0.2, 0.25) is 0 Å². The molecule has 0 aliphatic heterocycles. The van der Waals surface area contributed by atoms with Crippen molar-refractivity contribution < 1.29 is 23.2 Å². The van der Waals surface area contributed by atoms with Crippen LogP contribution in [-0.4, -0.2) is 0 Å². The molecule has 0 aromatic rings. The fourth-order valence-electron chi connectivity index (χ4n) is 1.50. The molecule has 0 saturated carbocycles. The van der Waals surface area contributed by atoms with Gasteiger partial charge in [-0.2, -0.15) is 0 Å². The molecule has 0 aromatic carbocycles. The van der Waals surface area contributed by atoms with E-state index in [1.165, 1.54) is 12.8 Å². The molecule has 0 unspecified atom stereocenters. The topological polar surface area (TPSA) is 0 Å². The van der Waals surface area contributed by atoms with E-state index < -0.39 is 0 Å². The summed E-state index contributed by atoms with van der Waals surface area (Å²) in [7, 11) is 0. The predicted molar refractivity (Wildman–Crippen MR) is 48.3 cm³/mol. The van der Waals surface area contributed by atoms with Gasteiger partial charge in [0.15, 0.2) is 0 Å². The first kappa shape index (κ1) is 8.44. The molecule has 0 aromatic heterocycles. The molecule has 2 aliphatic carbocycles. The molecule has 0 saturated heterocycles. The Morgan fingerprint density at radius 2 is 2.17 bits per heavy atom. The zero-order valence-corrected chi connectivity index (χ0v) is 9.76. The van der Waals surface area contributed by atoms with Crippen molar-refractivity contribution >= 4 is 0 Å². The van der Waals surface area contributed by atoms with Gasteiger partial charge in [0.1, 0.15) is 0 Å². The molecular formula is C11H12Zr. The van der Waals surface area contributed by atoms with Crippen LogP contribution in [0.3, 0.4) is 0 Å². The molecule has 0 spiro atoms. The van der Waals surface area contributed by atoms with Crippen LogP contribution in [0.25, 0.3) is 0 Å². The first-order chi connectivity index (χ1) is 5.86.